The summed E-state index contributed by atoms with van der Waals surface area (Å²) in [6, 6.07) is 0.510. The summed E-state index contributed by atoms with van der Waals surface area (Å²) in [5, 5.41) is 17.7. The number of hydrogen-bond donors (Lipinski definition) is 2. The van der Waals surface area contributed by atoms with Gasteiger partial charge in [0.05, 0.1) is 12.3 Å². The number of nitrogens with one attached hydrogen (secondary N) is 1. The highest BCUT2D eigenvalue weighted by Gasteiger charge is 2.21. The third-order valence-corrected chi connectivity index (χ3v) is 4.89. The summed E-state index contributed by atoms with van der Waals surface area (Å²) in [6.45, 7) is 11.7. The van der Waals surface area contributed by atoms with Crippen LogP contribution in [0.15, 0.2) is 0 Å². The third-order valence-electron chi connectivity index (χ3n) is 3.72. The van der Waals surface area contributed by atoms with Crippen LogP contribution in [-0.2, 0) is 6.54 Å². The summed E-state index contributed by atoms with van der Waals surface area (Å²) in [6.07, 6.45) is 2.04. The lowest BCUT2D eigenvalue weighted by Gasteiger charge is -2.25. The van der Waals surface area contributed by atoms with Crippen molar-refractivity contribution in [3.05, 3.63) is 17.0 Å². The number of rotatable bonds is 7. The molecule has 19 heavy (non-hydrogen) atoms. The topological polar surface area (TPSA) is 50.1 Å². The Morgan fingerprint density at radius 3 is 2.42 bits per heavy atom. The smallest absolute Gasteiger partial charge is 0.0644 e. The average Bonchev–Trinajstić information content (AvgIpc) is 2.65. The van der Waals surface area contributed by atoms with Gasteiger partial charge >= 0.3 is 0 Å². The van der Waals surface area contributed by atoms with Gasteiger partial charge in [-0.15, -0.1) is 0 Å². The molecule has 0 saturated carbocycles. The van der Waals surface area contributed by atoms with Gasteiger partial charge in [0, 0.05) is 35.1 Å². The van der Waals surface area contributed by atoms with Crippen molar-refractivity contribution in [2.45, 2.75) is 58.5 Å². The molecular formula is C14H27N3OS. The molecule has 0 aliphatic heterocycles. The second-order valence-electron chi connectivity index (χ2n) is 5.03. The molecule has 3 unspecified atom stereocenters. The molecule has 1 rings (SSSR count). The van der Waals surface area contributed by atoms with Gasteiger partial charge in [-0.3, -0.25) is 4.68 Å². The summed E-state index contributed by atoms with van der Waals surface area (Å²) in [5.41, 5.74) is 3.61. The standard InChI is InChI=1S/C14H27N3OS/c1-7-17-12(5)14(11(4)16-17)10(3)15-9(2)13(8-18)19-6/h9-10,13,15,18H,7-8H2,1-6H3. The molecule has 0 fully saturated rings. The first-order valence-corrected chi connectivity index (χ1v) is 8.18. The number of aliphatic hydroxyl groups excluding tert-OH is 1. The maximum absolute atomic E-state index is 9.35. The summed E-state index contributed by atoms with van der Waals surface area (Å²) in [5.74, 6) is 0. The Morgan fingerprint density at radius 2 is 2.00 bits per heavy atom. The molecule has 110 valence electrons. The zero-order valence-electron chi connectivity index (χ0n) is 12.9. The molecule has 0 amide bonds. The Labute approximate surface area is 121 Å². The number of aromatic nitrogens is 2. The van der Waals surface area contributed by atoms with Gasteiger partial charge < -0.3 is 10.4 Å². The van der Waals surface area contributed by atoms with E-state index in [4.69, 9.17) is 0 Å². The molecule has 0 spiro atoms. The lowest BCUT2D eigenvalue weighted by Crippen LogP contribution is -2.39. The van der Waals surface area contributed by atoms with Crippen molar-refractivity contribution < 1.29 is 5.11 Å². The number of hydrogen-bond acceptors (Lipinski definition) is 4. The molecule has 1 aromatic heterocycles. The molecule has 0 aliphatic rings. The number of nitrogens with zero attached hydrogens (tertiary/aromatic N) is 2. The molecule has 0 saturated heterocycles. The SMILES string of the molecule is CCn1nc(C)c(C(C)NC(C)C(CO)SC)c1C. The second-order valence-corrected chi connectivity index (χ2v) is 6.11. The van der Waals surface area contributed by atoms with Crippen molar-refractivity contribution in [3.8, 4) is 0 Å². The highest BCUT2D eigenvalue weighted by atomic mass is 32.2. The number of aryl methyl sites for hydroxylation is 2. The van der Waals surface area contributed by atoms with Crippen molar-refractivity contribution in [3.63, 3.8) is 0 Å². The fourth-order valence-electron chi connectivity index (χ4n) is 2.67. The van der Waals surface area contributed by atoms with E-state index in [0.29, 0.717) is 0 Å². The minimum absolute atomic E-state index is 0.203. The van der Waals surface area contributed by atoms with Crippen molar-refractivity contribution >= 4 is 11.8 Å². The van der Waals surface area contributed by atoms with Gasteiger partial charge in [0.25, 0.3) is 0 Å². The molecule has 0 aliphatic carbocycles. The first-order chi connectivity index (χ1) is 8.96. The minimum atomic E-state index is 0.203. The lowest BCUT2D eigenvalue weighted by molar-refractivity contribution is 0.271. The molecule has 0 aromatic carbocycles. The number of thioether (sulfide) groups is 1. The monoisotopic (exact) mass is 285 g/mol. The van der Waals surface area contributed by atoms with Crippen LogP contribution in [0, 0.1) is 13.8 Å². The Kier molecular flexibility index (Phi) is 6.36. The quantitative estimate of drug-likeness (QED) is 0.807. The van der Waals surface area contributed by atoms with E-state index >= 15 is 0 Å². The third kappa shape index (κ3) is 3.74. The first-order valence-electron chi connectivity index (χ1n) is 6.89. The van der Waals surface area contributed by atoms with Gasteiger partial charge in [-0.2, -0.15) is 16.9 Å². The predicted molar refractivity (Wildman–Crippen MR) is 82.8 cm³/mol. The van der Waals surface area contributed by atoms with Crippen molar-refractivity contribution in [2.75, 3.05) is 12.9 Å². The molecule has 1 heterocycles. The van der Waals surface area contributed by atoms with Crippen LogP contribution in [0.4, 0.5) is 0 Å². The molecular weight excluding hydrogens is 258 g/mol. The van der Waals surface area contributed by atoms with Crippen molar-refractivity contribution in [1.82, 2.24) is 15.1 Å². The highest BCUT2D eigenvalue weighted by molar-refractivity contribution is 7.99. The van der Waals surface area contributed by atoms with Gasteiger partial charge in [0.2, 0.25) is 0 Å². The Bertz CT molecular complexity index is 402. The molecule has 0 radical (unpaired) electrons. The molecule has 4 nitrogen and oxygen atoms in total. The van der Waals surface area contributed by atoms with E-state index in [2.05, 4.69) is 45.0 Å². The maximum atomic E-state index is 9.35. The molecule has 3 atom stereocenters. The van der Waals surface area contributed by atoms with E-state index in [9.17, 15) is 5.11 Å². The molecule has 2 N–H and O–H groups in total. The van der Waals surface area contributed by atoms with Gasteiger partial charge in [-0.1, -0.05) is 0 Å². The Balaban J connectivity index is 2.83. The van der Waals surface area contributed by atoms with E-state index in [1.165, 1.54) is 11.3 Å². The van der Waals surface area contributed by atoms with Crippen molar-refractivity contribution in [2.24, 2.45) is 0 Å². The van der Waals surface area contributed by atoms with Gasteiger partial charge in [-0.05, 0) is 40.9 Å². The van der Waals surface area contributed by atoms with E-state index < -0.39 is 0 Å². The van der Waals surface area contributed by atoms with Crippen LogP contribution in [0.2, 0.25) is 0 Å². The van der Waals surface area contributed by atoms with E-state index in [-0.39, 0.29) is 23.9 Å². The van der Waals surface area contributed by atoms with Crippen LogP contribution in [0.25, 0.3) is 0 Å². The highest BCUT2D eigenvalue weighted by Crippen LogP contribution is 2.23. The number of aliphatic hydroxyl groups is 1. The minimum Gasteiger partial charge on any atom is -0.395 e. The van der Waals surface area contributed by atoms with Gasteiger partial charge in [0.15, 0.2) is 0 Å². The fraction of sp³-hybridized carbons (Fsp3) is 0.786. The normalized spacial score (nSPS) is 16.4. The van der Waals surface area contributed by atoms with E-state index in [1.54, 1.807) is 11.8 Å². The van der Waals surface area contributed by atoms with Crippen LogP contribution in [-0.4, -0.2) is 39.0 Å². The van der Waals surface area contributed by atoms with Crippen molar-refractivity contribution in [1.29, 1.82) is 0 Å². The first kappa shape index (κ1) is 16.5. The average molecular weight is 285 g/mol. The van der Waals surface area contributed by atoms with Crippen LogP contribution in [0.3, 0.4) is 0 Å². The molecule has 5 heteroatoms. The maximum Gasteiger partial charge on any atom is 0.0644 e. The summed E-state index contributed by atoms with van der Waals surface area (Å²) < 4.78 is 2.05. The predicted octanol–water partition coefficient (Wildman–Crippen LogP) is 2.28. The van der Waals surface area contributed by atoms with Gasteiger partial charge in [0.1, 0.15) is 0 Å². The zero-order valence-corrected chi connectivity index (χ0v) is 13.7. The second kappa shape index (κ2) is 7.31. The van der Waals surface area contributed by atoms with Crippen LogP contribution >= 0.6 is 11.8 Å². The van der Waals surface area contributed by atoms with Crippen LogP contribution in [0.1, 0.15) is 43.8 Å². The zero-order chi connectivity index (χ0) is 14.6. The molecule has 0 bridgehead atoms. The lowest BCUT2D eigenvalue weighted by atomic mass is 10.0. The van der Waals surface area contributed by atoms with Crippen LogP contribution < -0.4 is 5.32 Å². The fourth-order valence-corrected chi connectivity index (χ4v) is 3.30. The van der Waals surface area contributed by atoms with Crippen LogP contribution in [0.5, 0.6) is 0 Å². The Hall–Kier alpha value is -0.520. The van der Waals surface area contributed by atoms with Gasteiger partial charge in [-0.25, -0.2) is 0 Å². The summed E-state index contributed by atoms with van der Waals surface area (Å²) in [7, 11) is 0. The Morgan fingerprint density at radius 1 is 1.37 bits per heavy atom. The largest absolute Gasteiger partial charge is 0.395 e. The van der Waals surface area contributed by atoms with E-state index in [1.807, 2.05) is 10.9 Å². The summed E-state index contributed by atoms with van der Waals surface area (Å²) in [4.78, 5) is 0. The summed E-state index contributed by atoms with van der Waals surface area (Å²) >= 11 is 1.70. The van der Waals surface area contributed by atoms with E-state index in [0.717, 1.165) is 12.2 Å². The molecule has 1 aromatic rings.